The lowest BCUT2D eigenvalue weighted by Crippen LogP contribution is -2.12. The Labute approximate surface area is 55.9 Å². The van der Waals surface area contributed by atoms with Crippen LogP contribution in [0.15, 0.2) is 0 Å². The van der Waals surface area contributed by atoms with Crippen molar-refractivity contribution >= 4 is 18.3 Å². The molecule has 0 aromatic carbocycles. The lowest BCUT2D eigenvalue weighted by Gasteiger charge is -1.95. The Bertz CT molecular complexity index is 72.8. The zero-order valence-electron chi connectivity index (χ0n) is 5.18. The summed E-state index contributed by atoms with van der Waals surface area (Å²) in [5.74, 6) is 0.188. The Balaban J connectivity index is 0. The van der Waals surface area contributed by atoms with E-state index in [1.54, 1.807) is 0 Å². The van der Waals surface area contributed by atoms with Crippen LogP contribution < -0.4 is 5.73 Å². The fourth-order valence-electron chi connectivity index (χ4n) is 0.402. The van der Waals surface area contributed by atoms with Crippen molar-refractivity contribution in [3.05, 3.63) is 0 Å². The van der Waals surface area contributed by atoms with E-state index in [1.807, 2.05) is 13.8 Å². The standard InChI is InChI=1S/C5H11NO.ClH/c1-4(2)3-5(6)7;/h4H,3H2,1-2H3,(H2,6,7);1H. The van der Waals surface area contributed by atoms with E-state index in [4.69, 9.17) is 5.73 Å². The molecule has 0 aliphatic carbocycles. The summed E-state index contributed by atoms with van der Waals surface area (Å²) in [5.41, 5.74) is 4.85. The van der Waals surface area contributed by atoms with Crippen molar-refractivity contribution in [2.75, 3.05) is 0 Å². The zero-order valence-corrected chi connectivity index (χ0v) is 5.99. The third-order valence-corrected chi connectivity index (χ3v) is 0.609. The molecule has 0 radical (unpaired) electrons. The normalized spacial score (nSPS) is 8.38. The molecule has 0 unspecified atom stereocenters. The molecule has 8 heavy (non-hydrogen) atoms. The molecule has 0 saturated heterocycles. The summed E-state index contributed by atoms with van der Waals surface area (Å²) >= 11 is 0. The number of carbonyl (C=O) groups excluding carboxylic acids is 1. The topological polar surface area (TPSA) is 43.1 Å². The molecule has 2 N–H and O–H groups in total. The number of primary amides is 1. The minimum atomic E-state index is -0.213. The van der Waals surface area contributed by atoms with Crippen molar-refractivity contribution in [1.29, 1.82) is 0 Å². The van der Waals surface area contributed by atoms with Gasteiger partial charge in [0.1, 0.15) is 0 Å². The highest BCUT2D eigenvalue weighted by atomic mass is 35.5. The molecule has 0 saturated carbocycles. The lowest BCUT2D eigenvalue weighted by molar-refractivity contribution is -0.118. The second-order valence-corrected chi connectivity index (χ2v) is 2.06. The lowest BCUT2D eigenvalue weighted by atomic mass is 10.1. The van der Waals surface area contributed by atoms with Gasteiger partial charge in [-0.2, -0.15) is 0 Å². The Hall–Kier alpha value is -0.240. The highest BCUT2D eigenvalue weighted by Gasteiger charge is 1.96. The number of halogens is 1. The van der Waals surface area contributed by atoms with Crippen molar-refractivity contribution < 1.29 is 4.79 Å². The van der Waals surface area contributed by atoms with E-state index in [0.29, 0.717) is 12.3 Å². The second kappa shape index (κ2) is 4.91. The molecular weight excluding hydrogens is 126 g/mol. The Morgan fingerprint density at radius 3 is 2.00 bits per heavy atom. The summed E-state index contributed by atoms with van der Waals surface area (Å²) in [4.78, 5) is 10.0. The first-order valence-corrected chi connectivity index (χ1v) is 2.41. The highest BCUT2D eigenvalue weighted by Crippen LogP contribution is 1.95. The largest absolute Gasteiger partial charge is 0.370 e. The average Bonchev–Trinajstić information content (AvgIpc) is 1.27. The van der Waals surface area contributed by atoms with E-state index >= 15 is 0 Å². The second-order valence-electron chi connectivity index (χ2n) is 2.06. The van der Waals surface area contributed by atoms with Crippen LogP contribution in [0.3, 0.4) is 0 Å². The van der Waals surface area contributed by atoms with Gasteiger partial charge in [-0.25, -0.2) is 0 Å². The minimum absolute atomic E-state index is 0. The molecule has 0 aromatic heterocycles. The molecule has 0 spiro atoms. The van der Waals surface area contributed by atoms with Gasteiger partial charge in [0.05, 0.1) is 0 Å². The molecule has 0 aliphatic heterocycles. The molecule has 1 amide bonds. The third-order valence-electron chi connectivity index (χ3n) is 0.609. The predicted molar refractivity (Wildman–Crippen MR) is 35.9 cm³/mol. The van der Waals surface area contributed by atoms with Crippen LogP contribution in [0, 0.1) is 5.92 Å². The monoisotopic (exact) mass is 137 g/mol. The number of hydrogen-bond donors (Lipinski definition) is 1. The van der Waals surface area contributed by atoms with Gasteiger partial charge in [-0.3, -0.25) is 4.79 Å². The van der Waals surface area contributed by atoms with Crippen LogP contribution >= 0.6 is 12.4 Å². The zero-order chi connectivity index (χ0) is 5.86. The molecule has 0 aliphatic rings. The maximum atomic E-state index is 10.0. The van der Waals surface area contributed by atoms with Gasteiger partial charge in [-0.05, 0) is 5.92 Å². The summed E-state index contributed by atoms with van der Waals surface area (Å²) < 4.78 is 0. The van der Waals surface area contributed by atoms with Gasteiger partial charge >= 0.3 is 0 Å². The summed E-state index contributed by atoms with van der Waals surface area (Å²) in [6.45, 7) is 3.93. The number of rotatable bonds is 2. The Kier molecular flexibility index (Phi) is 6.56. The van der Waals surface area contributed by atoms with E-state index in [9.17, 15) is 4.79 Å². The average molecular weight is 138 g/mol. The summed E-state index contributed by atoms with van der Waals surface area (Å²) in [5, 5.41) is 0. The van der Waals surface area contributed by atoms with Gasteiger partial charge in [0.25, 0.3) is 0 Å². The van der Waals surface area contributed by atoms with Gasteiger partial charge < -0.3 is 5.73 Å². The Morgan fingerprint density at radius 2 is 2.00 bits per heavy atom. The number of nitrogens with two attached hydrogens (primary N) is 1. The van der Waals surface area contributed by atoms with Crippen molar-refractivity contribution in [1.82, 2.24) is 0 Å². The van der Waals surface area contributed by atoms with E-state index in [0.717, 1.165) is 0 Å². The van der Waals surface area contributed by atoms with E-state index < -0.39 is 0 Å². The fourth-order valence-corrected chi connectivity index (χ4v) is 0.402. The van der Waals surface area contributed by atoms with Crippen LogP contribution in [0.5, 0.6) is 0 Å². The molecule has 3 heteroatoms. The molecule has 50 valence electrons. The van der Waals surface area contributed by atoms with Crippen LogP contribution in [0.4, 0.5) is 0 Å². The van der Waals surface area contributed by atoms with Crippen LogP contribution in [0.1, 0.15) is 20.3 Å². The smallest absolute Gasteiger partial charge is 0.217 e. The van der Waals surface area contributed by atoms with E-state index in [-0.39, 0.29) is 18.3 Å². The highest BCUT2D eigenvalue weighted by molar-refractivity contribution is 5.85. The molecule has 0 aromatic rings. The summed E-state index contributed by atoms with van der Waals surface area (Å²) in [7, 11) is 0. The molecule has 2 nitrogen and oxygen atoms in total. The summed E-state index contributed by atoms with van der Waals surface area (Å²) in [6, 6.07) is 0. The van der Waals surface area contributed by atoms with Crippen molar-refractivity contribution in [2.24, 2.45) is 11.7 Å². The Morgan fingerprint density at radius 1 is 1.62 bits per heavy atom. The number of carbonyl (C=O) groups is 1. The molecule has 0 fully saturated rings. The number of hydrogen-bond acceptors (Lipinski definition) is 1. The van der Waals surface area contributed by atoms with Gasteiger partial charge in [0.15, 0.2) is 0 Å². The van der Waals surface area contributed by atoms with Gasteiger partial charge in [-0.1, -0.05) is 13.8 Å². The van der Waals surface area contributed by atoms with Gasteiger partial charge in [0.2, 0.25) is 5.91 Å². The first-order valence-electron chi connectivity index (χ1n) is 2.41. The van der Waals surface area contributed by atoms with E-state index in [1.165, 1.54) is 0 Å². The van der Waals surface area contributed by atoms with Crippen molar-refractivity contribution in [3.8, 4) is 0 Å². The maximum absolute atomic E-state index is 10.0. The maximum Gasteiger partial charge on any atom is 0.217 e. The molecule has 0 bridgehead atoms. The van der Waals surface area contributed by atoms with Crippen molar-refractivity contribution in [3.63, 3.8) is 0 Å². The first kappa shape index (κ1) is 10.7. The first-order chi connectivity index (χ1) is 3.13. The number of amides is 1. The van der Waals surface area contributed by atoms with Crippen LogP contribution in [0.2, 0.25) is 0 Å². The van der Waals surface area contributed by atoms with Gasteiger partial charge in [0, 0.05) is 6.42 Å². The molecular formula is C5H12ClNO. The fraction of sp³-hybridized carbons (Fsp3) is 0.800. The SMILES string of the molecule is CC(C)CC(N)=O.Cl. The molecule has 0 rings (SSSR count). The van der Waals surface area contributed by atoms with E-state index in [2.05, 4.69) is 0 Å². The predicted octanol–water partition coefficient (Wildman–Crippen LogP) is 0.940. The van der Waals surface area contributed by atoms with Crippen LogP contribution in [-0.4, -0.2) is 5.91 Å². The van der Waals surface area contributed by atoms with Crippen molar-refractivity contribution in [2.45, 2.75) is 20.3 Å². The summed E-state index contributed by atoms with van der Waals surface area (Å²) in [6.07, 6.45) is 0.500. The minimum Gasteiger partial charge on any atom is -0.370 e. The quantitative estimate of drug-likeness (QED) is 0.605. The molecule has 0 atom stereocenters. The third kappa shape index (κ3) is 9.23. The van der Waals surface area contributed by atoms with Crippen LogP contribution in [0.25, 0.3) is 0 Å². The molecule has 0 heterocycles. The van der Waals surface area contributed by atoms with Gasteiger partial charge in [-0.15, -0.1) is 12.4 Å². The van der Waals surface area contributed by atoms with Crippen LogP contribution in [-0.2, 0) is 4.79 Å².